The van der Waals surface area contributed by atoms with Crippen molar-refractivity contribution in [2.24, 2.45) is 0 Å². The fourth-order valence-corrected chi connectivity index (χ4v) is 4.42. The number of hydrogen-bond donors (Lipinski definition) is 1. The Kier molecular flexibility index (Phi) is 5.14. The van der Waals surface area contributed by atoms with E-state index < -0.39 is 0 Å². The molecule has 2 aliphatic rings. The second-order valence-corrected chi connectivity index (χ2v) is 7.74. The molecule has 2 atom stereocenters. The van der Waals surface area contributed by atoms with Crippen molar-refractivity contribution in [3.05, 3.63) is 70.4 Å². The average Bonchev–Trinajstić information content (AvgIpc) is 2.72. The van der Waals surface area contributed by atoms with Crippen LogP contribution in [0.2, 0.25) is 0 Å². The summed E-state index contributed by atoms with van der Waals surface area (Å²) in [6.45, 7) is 2.03. The van der Waals surface area contributed by atoms with Gasteiger partial charge in [0.25, 0.3) is 0 Å². The molecular formula is C24H25NO4. The van der Waals surface area contributed by atoms with Gasteiger partial charge in [-0.05, 0) is 37.1 Å². The molecule has 2 aromatic rings. The third-order valence-corrected chi connectivity index (χ3v) is 5.89. The normalized spacial score (nSPS) is 21.5. The van der Waals surface area contributed by atoms with E-state index in [2.05, 4.69) is 5.32 Å². The van der Waals surface area contributed by atoms with Crippen LogP contribution in [0.25, 0.3) is 0 Å². The number of ketones is 1. The lowest BCUT2D eigenvalue weighted by molar-refractivity contribution is -0.122. The molecule has 0 saturated carbocycles. The van der Waals surface area contributed by atoms with E-state index in [0.717, 1.165) is 39.5 Å². The Morgan fingerprint density at radius 3 is 2.38 bits per heavy atom. The van der Waals surface area contributed by atoms with Gasteiger partial charge in [0, 0.05) is 41.5 Å². The van der Waals surface area contributed by atoms with Gasteiger partial charge in [0.05, 0.1) is 14.2 Å². The Morgan fingerprint density at radius 1 is 0.931 bits per heavy atom. The van der Waals surface area contributed by atoms with Crippen molar-refractivity contribution in [2.75, 3.05) is 14.2 Å². The van der Waals surface area contributed by atoms with Crippen molar-refractivity contribution in [1.82, 2.24) is 5.32 Å². The van der Waals surface area contributed by atoms with Crippen LogP contribution in [0.1, 0.15) is 47.8 Å². The second-order valence-electron chi connectivity index (χ2n) is 7.74. The molecule has 0 bridgehead atoms. The molecule has 5 heteroatoms. The molecule has 1 heterocycles. The van der Waals surface area contributed by atoms with Gasteiger partial charge in [-0.1, -0.05) is 29.8 Å². The SMILES string of the molecule is COc1ccc(OC)c([C@H]2CC(=O)C3=C(C2)NC(=O)C[C@H]3c2ccc(C)cc2)c1. The van der Waals surface area contributed by atoms with Crippen LogP contribution in [0.4, 0.5) is 0 Å². The van der Waals surface area contributed by atoms with Crippen molar-refractivity contribution in [1.29, 1.82) is 0 Å². The summed E-state index contributed by atoms with van der Waals surface area (Å²) in [5, 5.41) is 2.97. The summed E-state index contributed by atoms with van der Waals surface area (Å²) >= 11 is 0. The van der Waals surface area contributed by atoms with Gasteiger partial charge in [-0.3, -0.25) is 9.59 Å². The number of nitrogens with one attached hydrogen (secondary N) is 1. The average molecular weight is 391 g/mol. The largest absolute Gasteiger partial charge is 0.497 e. The summed E-state index contributed by atoms with van der Waals surface area (Å²) in [6, 6.07) is 13.7. The number of carbonyl (C=O) groups excluding carboxylic acids is 2. The van der Waals surface area contributed by atoms with Crippen molar-refractivity contribution in [3.63, 3.8) is 0 Å². The number of rotatable bonds is 4. The first-order valence-corrected chi connectivity index (χ1v) is 9.84. The number of benzene rings is 2. The van der Waals surface area contributed by atoms with Crippen molar-refractivity contribution < 1.29 is 19.1 Å². The van der Waals surface area contributed by atoms with Crippen LogP contribution in [0, 0.1) is 6.92 Å². The molecule has 29 heavy (non-hydrogen) atoms. The van der Waals surface area contributed by atoms with Gasteiger partial charge in [-0.15, -0.1) is 0 Å². The van der Waals surface area contributed by atoms with E-state index in [-0.39, 0.29) is 23.5 Å². The summed E-state index contributed by atoms with van der Waals surface area (Å²) in [5.74, 6) is 1.25. The van der Waals surface area contributed by atoms with Crippen molar-refractivity contribution in [2.45, 2.75) is 38.0 Å². The van der Waals surface area contributed by atoms with Crippen LogP contribution in [-0.2, 0) is 9.59 Å². The maximum Gasteiger partial charge on any atom is 0.225 e. The summed E-state index contributed by atoms with van der Waals surface area (Å²) in [4.78, 5) is 25.7. The van der Waals surface area contributed by atoms with E-state index in [0.29, 0.717) is 19.3 Å². The molecule has 0 fully saturated rings. The van der Waals surface area contributed by atoms with Crippen LogP contribution in [0.15, 0.2) is 53.7 Å². The van der Waals surface area contributed by atoms with Crippen molar-refractivity contribution >= 4 is 11.7 Å². The van der Waals surface area contributed by atoms with Gasteiger partial charge in [0.1, 0.15) is 11.5 Å². The van der Waals surface area contributed by atoms with Crippen LogP contribution < -0.4 is 14.8 Å². The summed E-state index contributed by atoms with van der Waals surface area (Å²) in [6.07, 6.45) is 1.29. The van der Waals surface area contributed by atoms with Crippen LogP contribution >= 0.6 is 0 Å². The highest BCUT2D eigenvalue weighted by molar-refractivity contribution is 6.02. The van der Waals surface area contributed by atoms with Crippen LogP contribution in [0.3, 0.4) is 0 Å². The van der Waals surface area contributed by atoms with E-state index in [1.165, 1.54) is 0 Å². The molecule has 150 valence electrons. The first-order chi connectivity index (χ1) is 14.0. The van der Waals surface area contributed by atoms with Gasteiger partial charge in [-0.2, -0.15) is 0 Å². The summed E-state index contributed by atoms with van der Waals surface area (Å²) in [7, 11) is 3.24. The van der Waals surface area contributed by atoms with Gasteiger partial charge < -0.3 is 14.8 Å². The van der Waals surface area contributed by atoms with E-state index >= 15 is 0 Å². The van der Waals surface area contributed by atoms with E-state index in [4.69, 9.17) is 9.47 Å². The Balaban J connectivity index is 1.72. The fourth-order valence-electron chi connectivity index (χ4n) is 4.42. The highest BCUT2D eigenvalue weighted by Gasteiger charge is 2.38. The smallest absolute Gasteiger partial charge is 0.225 e. The third-order valence-electron chi connectivity index (χ3n) is 5.89. The number of allylic oxidation sites excluding steroid dienone is 2. The maximum absolute atomic E-state index is 13.2. The summed E-state index contributed by atoms with van der Waals surface area (Å²) < 4.78 is 10.9. The fraction of sp³-hybridized carbons (Fsp3) is 0.333. The lowest BCUT2D eigenvalue weighted by Gasteiger charge is -2.35. The number of carbonyl (C=O) groups is 2. The molecule has 0 unspecified atom stereocenters. The van der Waals surface area contributed by atoms with Gasteiger partial charge >= 0.3 is 0 Å². The Morgan fingerprint density at radius 2 is 1.69 bits per heavy atom. The molecule has 0 radical (unpaired) electrons. The Labute approximate surface area is 170 Å². The summed E-state index contributed by atoms with van der Waals surface area (Å²) in [5.41, 5.74) is 4.61. The van der Waals surface area contributed by atoms with Gasteiger partial charge in [0.15, 0.2) is 5.78 Å². The van der Waals surface area contributed by atoms with E-state index in [9.17, 15) is 9.59 Å². The van der Waals surface area contributed by atoms with E-state index in [1.807, 2.05) is 49.4 Å². The highest BCUT2D eigenvalue weighted by atomic mass is 16.5. The number of aryl methyl sites for hydroxylation is 1. The molecule has 0 aromatic heterocycles. The molecule has 0 spiro atoms. The zero-order valence-corrected chi connectivity index (χ0v) is 17.0. The minimum atomic E-state index is -0.181. The zero-order chi connectivity index (χ0) is 20.5. The van der Waals surface area contributed by atoms with Gasteiger partial charge in [0.2, 0.25) is 5.91 Å². The number of ether oxygens (including phenoxy) is 2. The standard InChI is InChI=1S/C24H25NO4/c1-14-4-6-15(7-5-14)19-13-23(27)25-20-10-16(11-21(26)24(19)20)18-12-17(28-2)8-9-22(18)29-3/h4-9,12,16,19H,10-11,13H2,1-3H3,(H,25,27)/t16-,19+/m1/s1. The Hall–Kier alpha value is -3.08. The lowest BCUT2D eigenvalue weighted by atomic mass is 9.73. The molecule has 1 aliphatic carbocycles. The Bertz CT molecular complexity index is 990. The van der Waals surface area contributed by atoms with E-state index in [1.54, 1.807) is 14.2 Å². The third kappa shape index (κ3) is 3.65. The number of Topliss-reactive ketones (excluding diaryl/α,β-unsaturated/α-hetero) is 1. The predicted octanol–water partition coefficient (Wildman–Crippen LogP) is 4.02. The van der Waals surface area contributed by atoms with Crippen LogP contribution in [-0.4, -0.2) is 25.9 Å². The van der Waals surface area contributed by atoms with Crippen LogP contribution in [0.5, 0.6) is 11.5 Å². The highest BCUT2D eigenvalue weighted by Crippen LogP contribution is 2.45. The second kappa shape index (κ2) is 7.74. The van der Waals surface area contributed by atoms with Crippen molar-refractivity contribution in [3.8, 4) is 11.5 Å². The minimum Gasteiger partial charge on any atom is -0.497 e. The molecular weight excluding hydrogens is 366 g/mol. The van der Waals surface area contributed by atoms with Gasteiger partial charge in [-0.25, -0.2) is 0 Å². The molecule has 1 aliphatic heterocycles. The number of hydrogen-bond acceptors (Lipinski definition) is 4. The molecule has 1 amide bonds. The number of methoxy groups -OCH3 is 2. The zero-order valence-electron chi connectivity index (χ0n) is 17.0. The molecule has 0 saturated heterocycles. The first-order valence-electron chi connectivity index (χ1n) is 9.84. The molecule has 4 rings (SSSR count). The maximum atomic E-state index is 13.2. The predicted molar refractivity (Wildman–Crippen MR) is 110 cm³/mol. The topological polar surface area (TPSA) is 64.6 Å². The molecule has 5 nitrogen and oxygen atoms in total. The monoisotopic (exact) mass is 391 g/mol. The first kappa shape index (κ1) is 19.2. The lowest BCUT2D eigenvalue weighted by Crippen LogP contribution is -2.38. The minimum absolute atomic E-state index is 0.0413. The molecule has 1 N–H and O–H groups in total. The quantitative estimate of drug-likeness (QED) is 0.855. The number of amides is 1. The molecule has 2 aromatic carbocycles.